The van der Waals surface area contributed by atoms with Crippen LogP contribution in [0, 0.1) is 0 Å². The second-order valence-electron chi connectivity index (χ2n) is 9.04. The summed E-state index contributed by atoms with van der Waals surface area (Å²) in [6, 6.07) is 3.85. The third kappa shape index (κ3) is 5.67. The van der Waals surface area contributed by atoms with Crippen LogP contribution in [0.1, 0.15) is 50.1 Å². The van der Waals surface area contributed by atoms with Gasteiger partial charge in [-0.05, 0) is 64.3 Å². The zero-order valence-electron chi connectivity index (χ0n) is 18.6. The monoisotopic (exact) mass is 429 g/mol. The highest BCUT2D eigenvalue weighted by Crippen LogP contribution is 2.33. The van der Waals surface area contributed by atoms with Crippen LogP contribution in [0.3, 0.4) is 0 Å². The van der Waals surface area contributed by atoms with Gasteiger partial charge in [-0.25, -0.2) is 4.79 Å². The number of amides is 3. The third-order valence-corrected chi connectivity index (χ3v) is 6.69. The Hall–Kier alpha value is -2.35. The van der Waals surface area contributed by atoms with Crippen molar-refractivity contribution in [3.63, 3.8) is 0 Å². The molecule has 3 aliphatic heterocycles. The van der Waals surface area contributed by atoms with Gasteiger partial charge in [0.1, 0.15) is 11.9 Å². The lowest BCUT2D eigenvalue weighted by atomic mass is 9.92. The summed E-state index contributed by atoms with van der Waals surface area (Å²) in [5, 5.41) is 2.78. The average Bonchev–Trinajstić information content (AvgIpc) is 3.33. The molecule has 3 amide bonds. The standard InChI is InChI=1S/C23H35N5O3/c1-26-11-5-6-19(17-26)31-20-7-4-10-24-22(20)18-8-14-27(15-9-18)21(29)16-25-23(30)28-12-2-3-13-28/h4,7,10,18-19H,2-3,5-6,8-9,11-17H2,1H3,(H,25,30). The van der Waals surface area contributed by atoms with Gasteiger partial charge >= 0.3 is 6.03 Å². The maximum Gasteiger partial charge on any atom is 0.317 e. The number of pyridine rings is 1. The van der Waals surface area contributed by atoms with Crippen molar-refractivity contribution in [1.29, 1.82) is 0 Å². The second-order valence-corrected chi connectivity index (χ2v) is 9.04. The molecule has 3 aliphatic rings. The smallest absolute Gasteiger partial charge is 0.317 e. The molecule has 3 saturated heterocycles. The molecule has 3 fully saturated rings. The number of carbonyl (C=O) groups is 2. The summed E-state index contributed by atoms with van der Waals surface area (Å²) in [5.41, 5.74) is 1.02. The van der Waals surface area contributed by atoms with Gasteiger partial charge in [0.2, 0.25) is 5.91 Å². The number of nitrogens with zero attached hydrogens (tertiary/aromatic N) is 4. The van der Waals surface area contributed by atoms with E-state index in [-0.39, 0.29) is 24.6 Å². The number of carbonyl (C=O) groups excluding carboxylic acids is 2. The first-order chi connectivity index (χ1) is 15.1. The van der Waals surface area contributed by atoms with Crippen molar-refractivity contribution in [3.8, 4) is 5.75 Å². The minimum Gasteiger partial charge on any atom is -0.487 e. The number of hydrogen-bond donors (Lipinski definition) is 1. The van der Waals surface area contributed by atoms with E-state index in [2.05, 4.69) is 22.2 Å². The summed E-state index contributed by atoms with van der Waals surface area (Å²) in [5.74, 6) is 1.18. The van der Waals surface area contributed by atoms with Gasteiger partial charge in [0.25, 0.3) is 0 Å². The molecule has 0 bridgehead atoms. The molecule has 0 aliphatic carbocycles. The van der Waals surface area contributed by atoms with Gasteiger partial charge < -0.3 is 24.8 Å². The van der Waals surface area contributed by atoms with Crippen molar-refractivity contribution in [2.24, 2.45) is 0 Å². The fraction of sp³-hybridized carbons (Fsp3) is 0.696. The minimum atomic E-state index is -0.121. The lowest BCUT2D eigenvalue weighted by molar-refractivity contribution is -0.131. The molecule has 1 unspecified atom stereocenters. The highest BCUT2D eigenvalue weighted by molar-refractivity contribution is 5.84. The van der Waals surface area contributed by atoms with E-state index in [9.17, 15) is 9.59 Å². The van der Waals surface area contributed by atoms with Gasteiger partial charge in [-0.15, -0.1) is 0 Å². The molecule has 4 rings (SSSR count). The first-order valence-corrected chi connectivity index (χ1v) is 11.7. The first kappa shape index (κ1) is 21.9. The Balaban J connectivity index is 1.27. The number of rotatable bonds is 5. The van der Waals surface area contributed by atoms with Gasteiger partial charge in [0.15, 0.2) is 0 Å². The van der Waals surface area contributed by atoms with Crippen molar-refractivity contribution in [2.45, 2.75) is 50.5 Å². The molecule has 1 aromatic rings. The van der Waals surface area contributed by atoms with E-state index in [0.29, 0.717) is 19.0 Å². The maximum atomic E-state index is 12.6. The maximum absolute atomic E-state index is 12.6. The van der Waals surface area contributed by atoms with E-state index in [1.54, 1.807) is 4.90 Å². The Morgan fingerprint density at radius 3 is 2.58 bits per heavy atom. The molecule has 1 aromatic heterocycles. The number of ether oxygens (including phenoxy) is 1. The van der Waals surface area contributed by atoms with Gasteiger partial charge in [-0.3, -0.25) is 9.78 Å². The number of likely N-dealkylation sites (N-methyl/N-ethyl adjacent to an activating group) is 1. The lowest BCUT2D eigenvalue weighted by Crippen LogP contribution is -2.46. The molecular formula is C23H35N5O3. The van der Waals surface area contributed by atoms with Crippen molar-refractivity contribution < 1.29 is 14.3 Å². The molecule has 1 atom stereocenters. The summed E-state index contributed by atoms with van der Waals surface area (Å²) in [6.07, 6.45) is 8.11. The van der Waals surface area contributed by atoms with Gasteiger partial charge in [0.05, 0.1) is 12.2 Å². The molecule has 8 heteroatoms. The number of hydrogen-bond acceptors (Lipinski definition) is 5. The number of piperidine rings is 2. The summed E-state index contributed by atoms with van der Waals surface area (Å²) in [4.78, 5) is 35.3. The van der Waals surface area contributed by atoms with Crippen LogP contribution in [0.15, 0.2) is 18.3 Å². The van der Waals surface area contributed by atoms with Crippen molar-refractivity contribution in [3.05, 3.63) is 24.0 Å². The highest BCUT2D eigenvalue weighted by atomic mass is 16.5. The van der Waals surface area contributed by atoms with Gasteiger partial charge in [-0.2, -0.15) is 0 Å². The lowest BCUT2D eigenvalue weighted by Gasteiger charge is -2.34. The summed E-state index contributed by atoms with van der Waals surface area (Å²) in [6.45, 7) is 5.10. The van der Waals surface area contributed by atoms with Gasteiger partial charge in [0, 0.05) is 44.8 Å². The molecular weight excluding hydrogens is 394 g/mol. The third-order valence-electron chi connectivity index (χ3n) is 6.69. The Labute approximate surface area is 184 Å². The zero-order chi connectivity index (χ0) is 21.6. The van der Waals surface area contributed by atoms with E-state index in [4.69, 9.17) is 4.74 Å². The summed E-state index contributed by atoms with van der Waals surface area (Å²) < 4.78 is 6.36. The Kier molecular flexibility index (Phi) is 7.27. The van der Waals surface area contributed by atoms with Crippen LogP contribution in [0.5, 0.6) is 5.75 Å². The van der Waals surface area contributed by atoms with E-state index in [1.807, 2.05) is 23.2 Å². The molecule has 0 saturated carbocycles. The predicted octanol–water partition coefficient (Wildman–Crippen LogP) is 2.07. The van der Waals surface area contributed by atoms with E-state index in [0.717, 1.165) is 76.1 Å². The van der Waals surface area contributed by atoms with E-state index < -0.39 is 0 Å². The topological polar surface area (TPSA) is 78.0 Å². The predicted molar refractivity (Wildman–Crippen MR) is 118 cm³/mol. The van der Waals surface area contributed by atoms with Crippen molar-refractivity contribution in [1.82, 2.24) is 25.0 Å². The normalized spacial score (nSPS) is 23.1. The molecule has 1 N–H and O–H groups in total. The fourth-order valence-electron chi connectivity index (χ4n) is 4.90. The minimum absolute atomic E-state index is 0.00580. The van der Waals surface area contributed by atoms with Crippen LogP contribution in [-0.2, 0) is 4.79 Å². The Morgan fingerprint density at radius 2 is 1.84 bits per heavy atom. The van der Waals surface area contributed by atoms with Gasteiger partial charge in [-0.1, -0.05) is 0 Å². The van der Waals surface area contributed by atoms with Crippen LogP contribution in [0.2, 0.25) is 0 Å². The van der Waals surface area contributed by atoms with Crippen LogP contribution >= 0.6 is 0 Å². The quantitative estimate of drug-likeness (QED) is 0.775. The highest BCUT2D eigenvalue weighted by Gasteiger charge is 2.28. The Morgan fingerprint density at radius 1 is 1.06 bits per heavy atom. The molecule has 4 heterocycles. The first-order valence-electron chi connectivity index (χ1n) is 11.7. The number of urea groups is 1. The van der Waals surface area contributed by atoms with E-state index in [1.165, 1.54) is 0 Å². The second kappa shape index (κ2) is 10.3. The zero-order valence-corrected chi connectivity index (χ0v) is 18.6. The molecule has 0 spiro atoms. The number of aromatic nitrogens is 1. The molecule has 8 nitrogen and oxygen atoms in total. The molecule has 0 aromatic carbocycles. The van der Waals surface area contributed by atoms with Crippen molar-refractivity contribution in [2.75, 3.05) is 52.9 Å². The summed E-state index contributed by atoms with van der Waals surface area (Å²) >= 11 is 0. The van der Waals surface area contributed by atoms with E-state index >= 15 is 0 Å². The largest absolute Gasteiger partial charge is 0.487 e. The van der Waals surface area contributed by atoms with Crippen LogP contribution in [0.4, 0.5) is 4.79 Å². The SMILES string of the molecule is CN1CCCC(Oc2cccnc2C2CCN(C(=O)CNC(=O)N3CCCC3)CC2)C1. The Bertz CT molecular complexity index is 759. The summed E-state index contributed by atoms with van der Waals surface area (Å²) in [7, 11) is 2.14. The number of nitrogens with one attached hydrogen (secondary N) is 1. The number of likely N-dealkylation sites (tertiary alicyclic amines) is 3. The van der Waals surface area contributed by atoms with Crippen LogP contribution in [-0.4, -0.2) is 90.6 Å². The fourth-order valence-corrected chi connectivity index (χ4v) is 4.90. The molecule has 31 heavy (non-hydrogen) atoms. The van der Waals surface area contributed by atoms with Crippen LogP contribution in [0.25, 0.3) is 0 Å². The molecule has 170 valence electrons. The molecule has 0 radical (unpaired) electrons. The van der Waals surface area contributed by atoms with Crippen molar-refractivity contribution >= 4 is 11.9 Å². The van der Waals surface area contributed by atoms with Crippen LogP contribution < -0.4 is 10.1 Å². The average molecular weight is 430 g/mol.